The van der Waals surface area contributed by atoms with Gasteiger partial charge >= 0.3 is 0 Å². The molecule has 3 N–H and O–H groups in total. The Hall–Kier alpha value is -5.82. The molecule has 0 spiro atoms. The van der Waals surface area contributed by atoms with Crippen molar-refractivity contribution in [2.45, 2.75) is 97.4 Å². The van der Waals surface area contributed by atoms with Crippen LogP contribution in [0.4, 0.5) is 0 Å². The first-order valence-corrected chi connectivity index (χ1v) is 24.6. The Kier molecular flexibility index (Phi) is 18.3. The number of hydrogen-bond donors (Lipinski definition) is 3. The number of nitrogens with zero attached hydrogens (tertiary/aromatic N) is 3. The highest BCUT2D eigenvalue weighted by atomic mass is 35.5. The van der Waals surface area contributed by atoms with Gasteiger partial charge in [-0.25, -0.2) is 4.98 Å². The first-order chi connectivity index (χ1) is 32.2. The Bertz CT molecular complexity index is 2440. The highest BCUT2D eigenvalue weighted by molar-refractivity contribution is 7.13. The molecule has 1 saturated heterocycles. The fraction of sp³-hybridized carbons (Fsp3) is 0.389. The van der Waals surface area contributed by atoms with Gasteiger partial charge in [0.25, 0.3) is 0 Å². The number of ether oxygens (including phenoxy) is 1. The third kappa shape index (κ3) is 14.1. The van der Waals surface area contributed by atoms with Gasteiger partial charge in [-0.3, -0.25) is 19.2 Å². The largest absolute Gasteiger partial charge is 0.492 e. The molecule has 0 radical (unpaired) electrons. The summed E-state index contributed by atoms with van der Waals surface area (Å²) >= 11 is 7.90. The number of likely N-dealkylation sites (N-methyl/N-ethyl adjacent to an activating group) is 1. The summed E-state index contributed by atoms with van der Waals surface area (Å²) in [5.74, 6) is 0.173. The zero-order valence-corrected chi connectivity index (χ0v) is 40.9. The number of aliphatic hydroxyl groups is 1. The molecule has 5 aromatic rings. The molecule has 1 aliphatic rings. The highest BCUT2D eigenvalue weighted by Gasteiger charge is 2.44. The lowest BCUT2D eigenvalue weighted by Gasteiger charge is -2.35. The van der Waals surface area contributed by atoms with Crippen molar-refractivity contribution in [3.8, 4) is 16.2 Å². The van der Waals surface area contributed by atoms with E-state index in [1.807, 2.05) is 106 Å². The Balaban J connectivity index is 0.925. The number of benzene rings is 4. The number of unbranched alkanes of at least 4 members (excludes halogenated alkanes) is 2. The normalized spacial score (nSPS) is 15.7. The molecule has 2 heterocycles. The maximum atomic E-state index is 14.0. The van der Waals surface area contributed by atoms with Crippen LogP contribution in [0.25, 0.3) is 21.6 Å². The number of rotatable bonds is 21. The van der Waals surface area contributed by atoms with Gasteiger partial charge in [0.2, 0.25) is 23.6 Å². The Labute approximate surface area is 404 Å². The lowest BCUT2D eigenvalue weighted by molar-refractivity contribution is -0.144. The summed E-state index contributed by atoms with van der Waals surface area (Å²) in [5.41, 5.74) is 9.68. The number of thiazole rings is 1. The van der Waals surface area contributed by atoms with E-state index in [-0.39, 0.29) is 43.7 Å². The van der Waals surface area contributed by atoms with Crippen LogP contribution in [0.5, 0.6) is 5.75 Å². The topological polar surface area (TPSA) is 141 Å². The molecule has 354 valence electrons. The predicted octanol–water partition coefficient (Wildman–Crippen LogP) is 9.30. The first-order valence-electron chi connectivity index (χ1n) is 23.2. The van der Waals surface area contributed by atoms with Gasteiger partial charge in [0.05, 0.1) is 28.7 Å². The lowest BCUT2D eigenvalue weighted by Crippen LogP contribution is -2.57. The molecule has 0 bridgehead atoms. The zero-order valence-electron chi connectivity index (χ0n) is 39.3. The summed E-state index contributed by atoms with van der Waals surface area (Å²) < 4.78 is 6.06. The molecule has 67 heavy (non-hydrogen) atoms. The van der Waals surface area contributed by atoms with E-state index in [1.165, 1.54) is 10.5 Å². The van der Waals surface area contributed by atoms with Crippen LogP contribution in [0.1, 0.15) is 93.7 Å². The number of aryl methyl sites for hydroxylation is 1. The van der Waals surface area contributed by atoms with E-state index < -0.39 is 29.5 Å². The van der Waals surface area contributed by atoms with Crippen molar-refractivity contribution in [2.75, 3.05) is 32.6 Å². The second-order valence-corrected chi connectivity index (χ2v) is 19.5. The number of aromatic nitrogens is 1. The molecule has 4 amide bonds. The monoisotopic (exact) mass is 945 g/mol. The quantitative estimate of drug-likeness (QED) is 0.0379. The third-order valence-corrected chi connectivity index (χ3v) is 13.3. The molecular formula is C54H64ClN5O6S. The molecule has 4 aromatic carbocycles. The number of alkyl halides is 1. The molecule has 0 unspecified atom stereocenters. The average molecular weight is 947 g/mol. The number of hydrogen-bond acceptors (Lipinski definition) is 8. The maximum Gasteiger partial charge on any atom is 0.246 e. The number of allylic oxidation sites excluding steroid dienone is 1. The van der Waals surface area contributed by atoms with Crippen LogP contribution in [0.15, 0.2) is 115 Å². The summed E-state index contributed by atoms with van der Waals surface area (Å²) in [6.07, 6.45) is 2.32. The summed E-state index contributed by atoms with van der Waals surface area (Å²) in [6, 6.07) is 34.8. The lowest BCUT2D eigenvalue weighted by atomic mass is 9.85. The van der Waals surface area contributed by atoms with Gasteiger partial charge in [0.1, 0.15) is 24.4 Å². The summed E-state index contributed by atoms with van der Waals surface area (Å²) in [5, 5.41) is 16.5. The smallest absolute Gasteiger partial charge is 0.246 e. The van der Waals surface area contributed by atoms with E-state index in [1.54, 1.807) is 23.3 Å². The molecule has 11 nitrogen and oxygen atoms in total. The molecule has 0 aliphatic carbocycles. The average Bonchev–Trinajstić information content (AvgIpc) is 3.95. The van der Waals surface area contributed by atoms with Crippen molar-refractivity contribution in [1.29, 1.82) is 0 Å². The maximum absolute atomic E-state index is 14.0. The standard InChI is InChI=1S/C54H64ClN5O6S/c1-37-50(67-36-57-37)42-23-21-38(22-24-42)34-56-52(64)46-33-43(61)35-60(46)53(65)51(54(2,3)4)58-47(62)19-13-8-14-20-48(63)59(5)31-32-66-44-27-25-41(26-28-44)49(40-17-11-7-12-18-40)45(29-30-55)39-15-9-6-10-16-39/h6-7,9-12,15-18,21-28,36,43,46,51,61H,8,13-14,19-20,29-35H2,1-5H3,(H,56,64)(H,58,62)/b49-45-/t43-,46+,51-/m1/s1. The molecule has 1 aromatic heterocycles. The molecule has 1 aliphatic heterocycles. The number of aliphatic hydroxyl groups excluding tert-OH is 1. The van der Waals surface area contributed by atoms with Crippen LogP contribution in [0.3, 0.4) is 0 Å². The van der Waals surface area contributed by atoms with Crippen LogP contribution < -0.4 is 15.4 Å². The SMILES string of the molecule is Cc1ncsc1-c1ccc(CNC(=O)[C@@H]2C[C@@H](O)CN2C(=O)[C@@H](NC(=O)CCCCCC(=O)N(C)CCOc2ccc(/C(=C(/CCCl)c3ccccc3)c3ccccc3)cc2)C(C)(C)C)cc1. The van der Waals surface area contributed by atoms with E-state index in [0.29, 0.717) is 56.9 Å². The first kappa shape index (κ1) is 50.6. The summed E-state index contributed by atoms with van der Waals surface area (Å²) in [6.45, 7) is 8.60. The number of carbonyl (C=O) groups is 4. The summed E-state index contributed by atoms with van der Waals surface area (Å²) in [4.78, 5) is 62.2. The van der Waals surface area contributed by atoms with Crippen molar-refractivity contribution in [3.05, 3.63) is 143 Å². The van der Waals surface area contributed by atoms with Crippen LogP contribution in [0, 0.1) is 12.3 Å². The van der Waals surface area contributed by atoms with E-state index in [9.17, 15) is 24.3 Å². The number of nitrogens with one attached hydrogen (secondary N) is 2. The Morgan fingerprint density at radius 1 is 0.866 bits per heavy atom. The van der Waals surface area contributed by atoms with Crippen LogP contribution in [0.2, 0.25) is 0 Å². The Morgan fingerprint density at radius 2 is 1.51 bits per heavy atom. The molecule has 6 rings (SSSR count). The van der Waals surface area contributed by atoms with Crippen molar-refractivity contribution < 1.29 is 29.0 Å². The Morgan fingerprint density at radius 3 is 2.13 bits per heavy atom. The highest BCUT2D eigenvalue weighted by Crippen LogP contribution is 2.36. The number of amides is 4. The van der Waals surface area contributed by atoms with Crippen LogP contribution >= 0.6 is 22.9 Å². The van der Waals surface area contributed by atoms with E-state index in [2.05, 4.69) is 52.0 Å². The van der Waals surface area contributed by atoms with E-state index in [4.69, 9.17) is 16.3 Å². The number of likely N-dealkylation sites (tertiary alicyclic amines) is 1. The van der Waals surface area contributed by atoms with Gasteiger partial charge in [-0.15, -0.1) is 22.9 Å². The van der Waals surface area contributed by atoms with Gasteiger partial charge in [0, 0.05) is 45.3 Å². The fourth-order valence-electron chi connectivity index (χ4n) is 8.35. The minimum atomic E-state index is -0.907. The van der Waals surface area contributed by atoms with Crippen molar-refractivity contribution in [1.82, 2.24) is 25.4 Å². The van der Waals surface area contributed by atoms with Crippen molar-refractivity contribution in [3.63, 3.8) is 0 Å². The zero-order chi connectivity index (χ0) is 47.9. The number of β-amino-alcohol motifs (C(OH)–C–C–N with tert-alkyl or cyclic N) is 1. The van der Waals surface area contributed by atoms with E-state index in [0.717, 1.165) is 44.0 Å². The second kappa shape index (κ2) is 24.3. The van der Waals surface area contributed by atoms with Gasteiger partial charge in [0.15, 0.2) is 0 Å². The van der Waals surface area contributed by atoms with Crippen LogP contribution in [-0.2, 0) is 25.7 Å². The van der Waals surface area contributed by atoms with Crippen molar-refractivity contribution >= 4 is 57.7 Å². The second-order valence-electron chi connectivity index (χ2n) is 18.2. The van der Waals surface area contributed by atoms with Gasteiger partial charge < -0.3 is 30.3 Å². The van der Waals surface area contributed by atoms with Gasteiger partial charge in [-0.05, 0) is 82.7 Å². The minimum Gasteiger partial charge on any atom is -0.492 e. The van der Waals surface area contributed by atoms with E-state index >= 15 is 0 Å². The van der Waals surface area contributed by atoms with Crippen molar-refractivity contribution in [2.24, 2.45) is 5.41 Å². The minimum absolute atomic E-state index is 0.00143. The molecule has 13 heteroatoms. The number of carbonyl (C=O) groups excluding carboxylic acids is 4. The fourth-order valence-corrected chi connectivity index (χ4v) is 9.35. The molecular weight excluding hydrogens is 882 g/mol. The molecule has 3 atom stereocenters. The van der Waals surface area contributed by atoms with Crippen LogP contribution in [-0.4, -0.2) is 94.3 Å². The molecule has 1 fully saturated rings. The molecule has 0 saturated carbocycles. The third-order valence-electron chi connectivity index (χ3n) is 12.1. The predicted molar refractivity (Wildman–Crippen MR) is 268 cm³/mol. The summed E-state index contributed by atoms with van der Waals surface area (Å²) in [7, 11) is 1.77. The van der Waals surface area contributed by atoms with Gasteiger partial charge in [-0.1, -0.05) is 124 Å². The number of halogens is 1. The van der Waals surface area contributed by atoms with Gasteiger partial charge in [-0.2, -0.15) is 0 Å².